The summed E-state index contributed by atoms with van der Waals surface area (Å²) in [5, 5.41) is 3.45. The second-order valence-electron chi connectivity index (χ2n) is 3.42. The predicted octanol–water partition coefficient (Wildman–Crippen LogP) is 2.49. The largest absolute Gasteiger partial charge is 0.399 e. The van der Waals surface area contributed by atoms with Crippen molar-refractivity contribution >= 4 is 22.4 Å². The van der Waals surface area contributed by atoms with Crippen molar-refractivity contribution in [3.8, 4) is 0 Å². The van der Waals surface area contributed by atoms with E-state index in [9.17, 15) is 8.78 Å². The highest BCUT2D eigenvalue weighted by molar-refractivity contribution is 5.83. The van der Waals surface area contributed by atoms with Gasteiger partial charge in [-0.1, -0.05) is 0 Å². The van der Waals surface area contributed by atoms with Gasteiger partial charge in [-0.05, 0) is 30.3 Å². The summed E-state index contributed by atoms with van der Waals surface area (Å²) in [5.74, 6) is 0.442. The van der Waals surface area contributed by atoms with Crippen LogP contribution in [0.5, 0.6) is 0 Å². The van der Waals surface area contributed by atoms with E-state index in [1.165, 1.54) is 0 Å². The number of alkyl halides is 2. The minimum Gasteiger partial charge on any atom is -0.399 e. The third-order valence-corrected chi connectivity index (χ3v) is 2.15. The summed E-state index contributed by atoms with van der Waals surface area (Å²) in [5.41, 5.74) is 7.00. The molecule has 3 N–H and O–H groups in total. The summed E-state index contributed by atoms with van der Waals surface area (Å²) in [7, 11) is 0. The number of benzene rings is 1. The smallest absolute Gasteiger partial charge is 0.255 e. The molecular weight excluding hydrogens is 212 g/mol. The van der Waals surface area contributed by atoms with Crippen LogP contribution in [-0.4, -0.2) is 18.0 Å². The molecule has 84 valence electrons. The summed E-state index contributed by atoms with van der Waals surface area (Å²) in [6.45, 7) is -0.395. The highest BCUT2D eigenvalue weighted by Gasteiger charge is 2.03. The van der Waals surface area contributed by atoms with Gasteiger partial charge in [-0.15, -0.1) is 0 Å². The van der Waals surface area contributed by atoms with Gasteiger partial charge in [0.05, 0.1) is 12.1 Å². The lowest BCUT2D eigenvalue weighted by Crippen LogP contribution is -2.11. The number of fused-ring (bicyclic) bond motifs is 1. The SMILES string of the molecule is Nc1ccc2nc(NCC(F)F)ccc2c1. The van der Waals surface area contributed by atoms with Crippen molar-refractivity contribution in [1.82, 2.24) is 4.98 Å². The van der Waals surface area contributed by atoms with Gasteiger partial charge >= 0.3 is 0 Å². The zero-order chi connectivity index (χ0) is 11.5. The Bertz CT molecular complexity index is 500. The fraction of sp³-hybridized carbons (Fsp3) is 0.182. The third-order valence-electron chi connectivity index (χ3n) is 2.15. The number of rotatable bonds is 3. The molecule has 2 rings (SSSR count). The fourth-order valence-corrected chi connectivity index (χ4v) is 1.42. The molecule has 0 fully saturated rings. The highest BCUT2D eigenvalue weighted by Crippen LogP contribution is 2.17. The second-order valence-corrected chi connectivity index (χ2v) is 3.42. The second kappa shape index (κ2) is 4.30. The van der Waals surface area contributed by atoms with Gasteiger partial charge in [-0.25, -0.2) is 13.8 Å². The molecular formula is C11H11F2N3. The standard InChI is InChI=1S/C11H11F2N3/c12-10(13)6-15-11-4-1-7-5-8(14)2-3-9(7)16-11/h1-5,10H,6,14H2,(H,15,16). The van der Waals surface area contributed by atoms with Crippen LogP contribution in [0.4, 0.5) is 20.3 Å². The maximum absolute atomic E-state index is 12.0. The Labute approximate surface area is 91.3 Å². The number of nitrogens with two attached hydrogens (primary N) is 1. The van der Waals surface area contributed by atoms with E-state index in [0.29, 0.717) is 11.5 Å². The average molecular weight is 223 g/mol. The molecule has 0 spiro atoms. The molecule has 0 aliphatic heterocycles. The fourth-order valence-electron chi connectivity index (χ4n) is 1.42. The number of hydrogen-bond donors (Lipinski definition) is 2. The first-order chi connectivity index (χ1) is 7.65. The summed E-state index contributed by atoms with van der Waals surface area (Å²) in [4.78, 5) is 4.19. The molecule has 1 heterocycles. The monoisotopic (exact) mass is 223 g/mol. The molecule has 0 unspecified atom stereocenters. The first-order valence-corrected chi connectivity index (χ1v) is 4.83. The Morgan fingerprint density at radius 2 is 2.06 bits per heavy atom. The van der Waals surface area contributed by atoms with Gasteiger partial charge in [-0.3, -0.25) is 0 Å². The Balaban J connectivity index is 2.26. The average Bonchev–Trinajstić information content (AvgIpc) is 2.26. The zero-order valence-corrected chi connectivity index (χ0v) is 8.45. The Morgan fingerprint density at radius 1 is 1.25 bits per heavy atom. The summed E-state index contributed by atoms with van der Waals surface area (Å²) in [6, 6.07) is 8.74. The van der Waals surface area contributed by atoms with Crippen molar-refractivity contribution in [2.45, 2.75) is 6.43 Å². The van der Waals surface area contributed by atoms with Gasteiger partial charge in [-0.2, -0.15) is 0 Å². The van der Waals surface area contributed by atoms with Crippen molar-refractivity contribution in [2.24, 2.45) is 0 Å². The summed E-state index contributed by atoms with van der Waals surface area (Å²) >= 11 is 0. The van der Waals surface area contributed by atoms with E-state index in [1.807, 2.05) is 0 Å². The third kappa shape index (κ3) is 2.36. The van der Waals surface area contributed by atoms with Crippen LogP contribution in [0.1, 0.15) is 0 Å². The molecule has 0 bridgehead atoms. The van der Waals surface area contributed by atoms with E-state index >= 15 is 0 Å². The van der Waals surface area contributed by atoms with Gasteiger partial charge < -0.3 is 11.1 Å². The van der Waals surface area contributed by atoms with Gasteiger partial charge in [0.1, 0.15) is 5.82 Å². The molecule has 5 heteroatoms. The molecule has 3 nitrogen and oxygen atoms in total. The van der Waals surface area contributed by atoms with Crippen LogP contribution in [0, 0.1) is 0 Å². The van der Waals surface area contributed by atoms with Gasteiger partial charge in [0.15, 0.2) is 0 Å². The van der Waals surface area contributed by atoms with Gasteiger partial charge in [0.25, 0.3) is 6.43 Å². The van der Waals surface area contributed by atoms with Crippen LogP contribution >= 0.6 is 0 Å². The first kappa shape index (κ1) is 10.6. The van der Waals surface area contributed by atoms with E-state index < -0.39 is 13.0 Å². The van der Waals surface area contributed by atoms with Crippen molar-refractivity contribution in [1.29, 1.82) is 0 Å². The summed E-state index contributed by atoms with van der Waals surface area (Å²) in [6.07, 6.45) is -2.39. The number of anilines is 2. The Morgan fingerprint density at radius 3 is 2.81 bits per heavy atom. The molecule has 0 atom stereocenters. The number of pyridine rings is 1. The molecule has 0 aliphatic carbocycles. The van der Waals surface area contributed by atoms with E-state index in [4.69, 9.17) is 5.73 Å². The topological polar surface area (TPSA) is 50.9 Å². The lowest BCUT2D eigenvalue weighted by atomic mass is 10.2. The number of nitrogens with one attached hydrogen (secondary N) is 1. The van der Waals surface area contributed by atoms with Crippen molar-refractivity contribution in [3.63, 3.8) is 0 Å². The molecule has 1 aromatic heterocycles. The minimum atomic E-state index is -2.39. The van der Waals surface area contributed by atoms with E-state index in [1.54, 1.807) is 30.3 Å². The molecule has 0 aliphatic rings. The normalized spacial score (nSPS) is 10.9. The summed E-state index contributed by atoms with van der Waals surface area (Å²) < 4.78 is 24.0. The molecule has 16 heavy (non-hydrogen) atoms. The number of aromatic nitrogens is 1. The molecule has 1 aromatic carbocycles. The molecule has 0 amide bonds. The minimum absolute atomic E-state index is 0.395. The van der Waals surface area contributed by atoms with Crippen LogP contribution in [0.2, 0.25) is 0 Å². The molecule has 0 saturated heterocycles. The lowest BCUT2D eigenvalue weighted by Gasteiger charge is -2.06. The number of halogens is 2. The first-order valence-electron chi connectivity index (χ1n) is 4.83. The number of hydrogen-bond acceptors (Lipinski definition) is 3. The van der Waals surface area contributed by atoms with Crippen molar-refractivity contribution < 1.29 is 8.78 Å². The van der Waals surface area contributed by atoms with E-state index in [-0.39, 0.29) is 0 Å². The van der Waals surface area contributed by atoms with E-state index in [2.05, 4.69) is 10.3 Å². The van der Waals surface area contributed by atoms with Crippen LogP contribution in [0.15, 0.2) is 30.3 Å². The van der Waals surface area contributed by atoms with Gasteiger partial charge in [0.2, 0.25) is 0 Å². The van der Waals surface area contributed by atoms with Crippen LogP contribution in [0.25, 0.3) is 10.9 Å². The molecule has 0 saturated carbocycles. The highest BCUT2D eigenvalue weighted by atomic mass is 19.3. The Kier molecular flexibility index (Phi) is 2.85. The zero-order valence-electron chi connectivity index (χ0n) is 8.45. The number of nitrogens with zero attached hydrogens (tertiary/aromatic N) is 1. The maximum Gasteiger partial charge on any atom is 0.255 e. The quantitative estimate of drug-likeness (QED) is 0.786. The van der Waals surface area contributed by atoms with Crippen LogP contribution < -0.4 is 11.1 Å². The predicted molar refractivity (Wildman–Crippen MR) is 60.6 cm³/mol. The Hall–Kier alpha value is -1.91. The van der Waals surface area contributed by atoms with Crippen LogP contribution in [-0.2, 0) is 0 Å². The maximum atomic E-state index is 12.0. The van der Waals surface area contributed by atoms with Crippen molar-refractivity contribution in [2.75, 3.05) is 17.6 Å². The van der Waals surface area contributed by atoms with E-state index in [0.717, 1.165) is 10.9 Å². The van der Waals surface area contributed by atoms with Crippen molar-refractivity contribution in [3.05, 3.63) is 30.3 Å². The number of nitrogen functional groups attached to an aromatic ring is 1. The lowest BCUT2D eigenvalue weighted by molar-refractivity contribution is 0.163. The van der Waals surface area contributed by atoms with Crippen LogP contribution in [0.3, 0.4) is 0 Å². The molecule has 2 aromatic rings. The van der Waals surface area contributed by atoms with Gasteiger partial charge in [0, 0.05) is 11.1 Å². The molecule has 0 radical (unpaired) electrons.